The normalized spacial score (nSPS) is 22.8. The Morgan fingerprint density at radius 1 is 1.03 bits per heavy atom. The summed E-state index contributed by atoms with van der Waals surface area (Å²) in [5, 5.41) is 0. The Hall–Kier alpha value is -2.42. The minimum Gasteiger partial charge on any atom is -0.497 e. The van der Waals surface area contributed by atoms with Crippen LogP contribution in [0.2, 0.25) is 0 Å². The average molecular weight is 431 g/mol. The summed E-state index contributed by atoms with van der Waals surface area (Å²) in [7, 11) is -2.09. The summed E-state index contributed by atoms with van der Waals surface area (Å²) in [6.45, 7) is 2.50. The van der Waals surface area contributed by atoms with E-state index in [2.05, 4.69) is 0 Å². The number of benzene rings is 2. The van der Waals surface area contributed by atoms with Crippen molar-refractivity contribution in [3.8, 4) is 5.75 Å². The van der Waals surface area contributed by atoms with Crippen molar-refractivity contribution < 1.29 is 22.7 Å². The molecule has 1 amide bonds. The van der Waals surface area contributed by atoms with E-state index in [4.69, 9.17) is 9.47 Å². The maximum absolute atomic E-state index is 13.4. The highest BCUT2D eigenvalue weighted by molar-refractivity contribution is 7.89. The number of amides is 1. The average Bonchev–Trinajstić information content (AvgIpc) is 3.26. The van der Waals surface area contributed by atoms with Gasteiger partial charge in [-0.2, -0.15) is 4.31 Å². The Labute approximate surface area is 177 Å². The molecule has 0 bridgehead atoms. The Kier molecular flexibility index (Phi) is 6.08. The molecule has 2 aromatic carbocycles. The van der Waals surface area contributed by atoms with Gasteiger partial charge in [0.1, 0.15) is 5.75 Å². The van der Waals surface area contributed by atoms with Gasteiger partial charge in [0.2, 0.25) is 15.9 Å². The molecule has 2 saturated heterocycles. The number of methoxy groups -OCH3 is 1. The number of nitrogens with zero attached hydrogens (tertiary/aromatic N) is 2. The third kappa shape index (κ3) is 4.08. The molecule has 4 rings (SSSR count). The third-order valence-electron chi connectivity index (χ3n) is 5.83. The van der Waals surface area contributed by atoms with E-state index in [9.17, 15) is 13.2 Å². The molecule has 0 unspecified atom stereocenters. The minimum atomic E-state index is -3.69. The molecule has 2 aliphatic rings. The van der Waals surface area contributed by atoms with Crippen LogP contribution < -0.4 is 4.74 Å². The summed E-state index contributed by atoms with van der Waals surface area (Å²) in [6, 6.07) is 15.9. The highest BCUT2D eigenvalue weighted by Crippen LogP contribution is 2.38. The topological polar surface area (TPSA) is 76.2 Å². The maximum Gasteiger partial charge on any atom is 0.243 e. The highest BCUT2D eigenvalue weighted by atomic mass is 32.2. The van der Waals surface area contributed by atoms with Crippen molar-refractivity contribution >= 4 is 15.9 Å². The maximum atomic E-state index is 13.4. The molecule has 0 aromatic heterocycles. The lowest BCUT2D eigenvalue weighted by atomic mass is 9.87. The number of ether oxygens (including phenoxy) is 2. The van der Waals surface area contributed by atoms with Crippen molar-refractivity contribution in [1.29, 1.82) is 0 Å². The lowest BCUT2D eigenvalue weighted by Gasteiger charge is -2.31. The Bertz CT molecular complexity index is 990. The zero-order valence-electron chi connectivity index (χ0n) is 16.9. The van der Waals surface area contributed by atoms with Gasteiger partial charge < -0.3 is 14.4 Å². The van der Waals surface area contributed by atoms with Gasteiger partial charge in [-0.05, 0) is 29.8 Å². The molecule has 8 heteroatoms. The minimum absolute atomic E-state index is 0.0168. The Balaban J connectivity index is 1.67. The fourth-order valence-corrected chi connectivity index (χ4v) is 5.70. The van der Waals surface area contributed by atoms with Crippen molar-refractivity contribution in [2.24, 2.45) is 5.92 Å². The Morgan fingerprint density at radius 2 is 1.77 bits per heavy atom. The lowest BCUT2D eigenvalue weighted by molar-refractivity contribution is -0.139. The SMILES string of the molecule is COc1cccc([C@@H]2CN(S(=O)(=O)c3ccccc3)C[C@H]2C(=O)N2CCOCC2)c1. The molecule has 2 fully saturated rings. The van der Waals surface area contributed by atoms with Crippen LogP contribution in [0.5, 0.6) is 5.75 Å². The molecule has 0 spiro atoms. The largest absolute Gasteiger partial charge is 0.497 e. The predicted octanol–water partition coefficient (Wildman–Crippen LogP) is 1.96. The molecule has 2 heterocycles. The van der Waals surface area contributed by atoms with Gasteiger partial charge in [0.15, 0.2) is 0 Å². The molecule has 7 nitrogen and oxygen atoms in total. The van der Waals surface area contributed by atoms with Crippen LogP contribution >= 0.6 is 0 Å². The van der Waals surface area contributed by atoms with Gasteiger partial charge in [0.05, 0.1) is 31.1 Å². The first-order chi connectivity index (χ1) is 14.5. The van der Waals surface area contributed by atoms with Gasteiger partial charge in [-0.1, -0.05) is 30.3 Å². The first-order valence-corrected chi connectivity index (χ1v) is 11.5. The van der Waals surface area contributed by atoms with Crippen LogP contribution in [-0.2, 0) is 19.6 Å². The van der Waals surface area contributed by atoms with Crippen molar-refractivity contribution in [2.75, 3.05) is 46.5 Å². The molecule has 0 aliphatic carbocycles. The van der Waals surface area contributed by atoms with Gasteiger partial charge in [-0.3, -0.25) is 4.79 Å². The molecule has 160 valence electrons. The van der Waals surface area contributed by atoms with E-state index in [0.29, 0.717) is 32.1 Å². The molecule has 2 aliphatic heterocycles. The number of morpholine rings is 1. The van der Waals surface area contributed by atoms with Crippen LogP contribution in [0.15, 0.2) is 59.5 Å². The lowest BCUT2D eigenvalue weighted by Crippen LogP contribution is -2.45. The summed E-state index contributed by atoms with van der Waals surface area (Å²) in [5.41, 5.74) is 0.909. The summed E-state index contributed by atoms with van der Waals surface area (Å²) in [5.74, 6) is -0.0195. The van der Waals surface area contributed by atoms with Crippen LogP contribution in [-0.4, -0.2) is 70.0 Å². The van der Waals surface area contributed by atoms with Crippen molar-refractivity contribution in [1.82, 2.24) is 9.21 Å². The second kappa shape index (κ2) is 8.75. The fraction of sp³-hybridized carbons (Fsp3) is 0.409. The zero-order chi connectivity index (χ0) is 21.1. The van der Waals surface area contributed by atoms with Crippen LogP contribution in [0.1, 0.15) is 11.5 Å². The molecule has 2 atom stereocenters. The van der Waals surface area contributed by atoms with E-state index in [1.807, 2.05) is 24.3 Å². The first-order valence-electron chi connectivity index (χ1n) is 10.1. The van der Waals surface area contributed by atoms with Crippen LogP contribution in [0.25, 0.3) is 0 Å². The summed E-state index contributed by atoms with van der Waals surface area (Å²) in [6.07, 6.45) is 0. The molecule has 0 radical (unpaired) electrons. The van der Waals surface area contributed by atoms with E-state index in [1.54, 1.807) is 42.3 Å². The van der Waals surface area contributed by atoms with Gasteiger partial charge >= 0.3 is 0 Å². The number of carbonyl (C=O) groups is 1. The van der Waals surface area contributed by atoms with E-state index < -0.39 is 15.9 Å². The van der Waals surface area contributed by atoms with Crippen LogP contribution in [0, 0.1) is 5.92 Å². The highest BCUT2D eigenvalue weighted by Gasteiger charge is 2.45. The van der Waals surface area contributed by atoms with Gasteiger partial charge in [0.25, 0.3) is 0 Å². The van der Waals surface area contributed by atoms with E-state index in [-0.39, 0.29) is 29.8 Å². The van der Waals surface area contributed by atoms with E-state index >= 15 is 0 Å². The standard InChI is InChI=1S/C22H26N2O5S/c1-28-18-7-5-6-17(14-18)20-15-24(30(26,27)19-8-3-2-4-9-19)16-21(20)22(25)23-10-12-29-13-11-23/h2-9,14,20-21H,10-13,15-16H2,1H3/t20-,21+/m0/s1. The summed E-state index contributed by atoms with van der Waals surface area (Å²) < 4.78 is 38.6. The number of sulfonamides is 1. The van der Waals surface area contributed by atoms with Gasteiger partial charge in [-0.15, -0.1) is 0 Å². The van der Waals surface area contributed by atoms with Crippen molar-refractivity contribution in [3.63, 3.8) is 0 Å². The Morgan fingerprint density at radius 3 is 2.47 bits per heavy atom. The zero-order valence-corrected chi connectivity index (χ0v) is 17.8. The summed E-state index contributed by atoms with van der Waals surface area (Å²) >= 11 is 0. The fourth-order valence-electron chi connectivity index (χ4n) is 4.18. The monoisotopic (exact) mass is 430 g/mol. The summed E-state index contributed by atoms with van der Waals surface area (Å²) in [4.78, 5) is 15.4. The van der Waals surface area contributed by atoms with Crippen molar-refractivity contribution in [2.45, 2.75) is 10.8 Å². The molecule has 0 saturated carbocycles. The number of carbonyl (C=O) groups excluding carboxylic acids is 1. The molecular weight excluding hydrogens is 404 g/mol. The molecule has 2 aromatic rings. The number of hydrogen-bond acceptors (Lipinski definition) is 5. The van der Waals surface area contributed by atoms with E-state index in [0.717, 1.165) is 5.56 Å². The van der Waals surface area contributed by atoms with E-state index in [1.165, 1.54) is 4.31 Å². The number of hydrogen-bond donors (Lipinski definition) is 0. The van der Waals surface area contributed by atoms with Crippen molar-refractivity contribution in [3.05, 3.63) is 60.2 Å². The third-order valence-corrected chi connectivity index (χ3v) is 7.68. The van der Waals surface area contributed by atoms with Crippen LogP contribution in [0.3, 0.4) is 0 Å². The van der Waals surface area contributed by atoms with Gasteiger partial charge in [0, 0.05) is 32.1 Å². The smallest absolute Gasteiger partial charge is 0.243 e. The second-order valence-electron chi connectivity index (χ2n) is 7.56. The molecular formula is C22H26N2O5S. The molecule has 0 N–H and O–H groups in total. The quantitative estimate of drug-likeness (QED) is 0.725. The van der Waals surface area contributed by atoms with Gasteiger partial charge in [-0.25, -0.2) is 8.42 Å². The second-order valence-corrected chi connectivity index (χ2v) is 9.50. The molecule has 30 heavy (non-hydrogen) atoms. The number of rotatable bonds is 5. The van der Waals surface area contributed by atoms with Crippen LogP contribution in [0.4, 0.5) is 0 Å². The predicted molar refractivity (Wildman–Crippen MR) is 112 cm³/mol. The first kappa shape index (κ1) is 20.8.